The number of hydrogen-bond donors (Lipinski definition) is 2. The quantitative estimate of drug-likeness (QED) is 0.186. The van der Waals surface area contributed by atoms with Crippen molar-refractivity contribution in [1.29, 1.82) is 0 Å². The highest BCUT2D eigenvalue weighted by atomic mass is 35.5. The molecule has 0 spiro atoms. The van der Waals surface area contributed by atoms with Crippen LogP contribution >= 0.6 is 11.6 Å². The van der Waals surface area contributed by atoms with Crippen molar-refractivity contribution in [2.24, 2.45) is 0 Å². The predicted molar refractivity (Wildman–Crippen MR) is 144 cm³/mol. The van der Waals surface area contributed by atoms with Crippen LogP contribution in [0.1, 0.15) is 22.7 Å². The van der Waals surface area contributed by atoms with E-state index in [4.69, 9.17) is 25.8 Å². The van der Waals surface area contributed by atoms with Gasteiger partial charge in [0.05, 0.1) is 43.5 Å². The van der Waals surface area contributed by atoms with Gasteiger partial charge in [-0.25, -0.2) is 0 Å². The summed E-state index contributed by atoms with van der Waals surface area (Å²) in [6.07, 6.45) is 1.76. The number of Topliss-reactive ketones (excluding diaryl/α,β-unsaturated/α-hetero) is 1. The Bertz CT molecular complexity index is 1570. The first-order valence-electron chi connectivity index (χ1n) is 11.8. The summed E-state index contributed by atoms with van der Waals surface area (Å²) in [5.41, 5.74) is 2.41. The van der Waals surface area contributed by atoms with Gasteiger partial charge in [-0.3, -0.25) is 9.59 Å². The molecule has 3 aromatic carbocycles. The van der Waals surface area contributed by atoms with E-state index < -0.39 is 23.5 Å². The molecule has 194 valence electrons. The van der Waals surface area contributed by atoms with E-state index in [1.165, 1.54) is 31.3 Å². The number of aromatic amines is 1. The standard InChI is InChI=1S/C29H25ClN2O6/c1-36-17-10-8-16(9-11-17)15-32-26(20-14-31-22-7-5-4-6-18(20)22)25(28(34)29(32)35)27(33)19-12-21(30)24(38-3)13-23(19)37-2/h4-14,26,31,33H,15H2,1-3H3/b27-25+. The van der Waals surface area contributed by atoms with Crippen LogP contribution in [0.3, 0.4) is 0 Å². The van der Waals surface area contributed by atoms with Gasteiger partial charge in [0, 0.05) is 35.3 Å². The van der Waals surface area contributed by atoms with Crippen molar-refractivity contribution < 1.29 is 28.9 Å². The topological polar surface area (TPSA) is 101 Å². The first kappa shape index (κ1) is 25.2. The van der Waals surface area contributed by atoms with Gasteiger partial charge in [0.2, 0.25) is 0 Å². The highest BCUT2D eigenvalue weighted by Crippen LogP contribution is 2.45. The number of aliphatic hydroxyl groups is 1. The maximum atomic E-state index is 13.5. The van der Waals surface area contributed by atoms with E-state index in [-0.39, 0.29) is 28.5 Å². The second-order valence-electron chi connectivity index (χ2n) is 8.75. The number of likely N-dealkylation sites (tertiary alicyclic amines) is 1. The summed E-state index contributed by atoms with van der Waals surface area (Å²) >= 11 is 6.36. The molecule has 5 rings (SSSR count). The summed E-state index contributed by atoms with van der Waals surface area (Å²) in [4.78, 5) is 31.7. The van der Waals surface area contributed by atoms with Crippen LogP contribution in [0.5, 0.6) is 17.2 Å². The minimum Gasteiger partial charge on any atom is -0.507 e. The number of hydrogen-bond acceptors (Lipinski definition) is 6. The average Bonchev–Trinajstić information content (AvgIpc) is 3.47. The fraction of sp³-hybridized carbons (Fsp3) is 0.172. The lowest BCUT2D eigenvalue weighted by atomic mass is 9.94. The number of aromatic nitrogens is 1. The number of fused-ring (bicyclic) bond motifs is 1. The van der Waals surface area contributed by atoms with Crippen molar-refractivity contribution in [2.45, 2.75) is 12.6 Å². The first-order chi connectivity index (χ1) is 18.4. The Morgan fingerprint density at radius 1 is 0.974 bits per heavy atom. The molecule has 38 heavy (non-hydrogen) atoms. The molecule has 0 saturated carbocycles. The lowest BCUT2D eigenvalue weighted by molar-refractivity contribution is -0.140. The Morgan fingerprint density at radius 2 is 1.68 bits per heavy atom. The number of rotatable bonds is 7. The van der Waals surface area contributed by atoms with E-state index in [1.807, 2.05) is 36.4 Å². The van der Waals surface area contributed by atoms with Gasteiger partial charge in [-0.2, -0.15) is 0 Å². The van der Waals surface area contributed by atoms with Gasteiger partial charge < -0.3 is 29.2 Å². The molecule has 0 bridgehead atoms. The van der Waals surface area contributed by atoms with Crippen molar-refractivity contribution in [3.63, 3.8) is 0 Å². The minimum atomic E-state index is -0.876. The zero-order valence-electron chi connectivity index (χ0n) is 20.9. The molecule has 1 aliphatic heterocycles. The Hall–Kier alpha value is -4.43. The van der Waals surface area contributed by atoms with Gasteiger partial charge in [0.25, 0.3) is 11.7 Å². The zero-order chi connectivity index (χ0) is 27.0. The molecule has 2 heterocycles. The smallest absolute Gasteiger partial charge is 0.295 e. The van der Waals surface area contributed by atoms with Crippen LogP contribution in [0.2, 0.25) is 5.02 Å². The number of nitrogens with zero attached hydrogens (tertiary/aromatic N) is 1. The van der Waals surface area contributed by atoms with Crippen LogP contribution in [0.4, 0.5) is 0 Å². The third-order valence-corrected chi connectivity index (χ3v) is 6.99. The molecule has 1 unspecified atom stereocenters. The molecule has 0 aliphatic carbocycles. The molecular formula is C29H25ClN2O6. The Balaban J connectivity index is 1.71. The number of ether oxygens (including phenoxy) is 3. The van der Waals surface area contributed by atoms with Gasteiger partial charge in [-0.1, -0.05) is 41.9 Å². The van der Waals surface area contributed by atoms with Crippen LogP contribution in [-0.2, 0) is 16.1 Å². The molecule has 9 heteroatoms. The molecule has 1 aliphatic rings. The largest absolute Gasteiger partial charge is 0.507 e. The van der Waals surface area contributed by atoms with E-state index in [0.29, 0.717) is 17.1 Å². The third kappa shape index (κ3) is 4.22. The number of carbonyl (C=O) groups is 2. The number of nitrogens with one attached hydrogen (secondary N) is 1. The summed E-state index contributed by atoms with van der Waals surface area (Å²) in [7, 11) is 4.46. The maximum absolute atomic E-state index is 13.5. The van der Waals surface area contributed by atoms with Crippen molar-refractivity contribution in [3.8, 4) is 17.2 Å². The number of benzene rings is 3. The van der Waals surface area contributed by atoms with Crippen molar-refractivity contribution in [3.05, 3.63) is 94.1 Å². The van der Waals surface area contributed by atoms with Crippen LogP contribution in [0.25, 0.3) is 16.7 Å². The Labute approximate surface area is 224 Å². The number of carbonyl (C=O) groups excluding carboxylic acids is 2. The van der Waals surface area contributed by atoms with E-state index >= 15 is 0 Å². The second kappa shape index (κ2) is 10.1. The van der Waals surface area contributed by atoms with Crippen LogP contribution in [0.15, 0.2) is 72.4 Å². The molecule has 4 aromatic rings. The molecule has 8 nitrogen and oxygen atoms in total. The molecule has 1 saturated heterocycles. The van der Waals surface area contributed by atoms with Crippen LogP contribution < -0.4 is 14.2 Å². The summed E-state index contributed by atoms with van der Waals surface area (Å²) in [5, 5.41) is 12.6. The SMILES string of the molecule is COc1ccc(CN2C(=O)C(=O)/C(=C(/O)c3cc(Cl)c(OC)cc3OC)C2c2c[nH]c3ccccc23)cc1. The lowest BCUT2D eigenvalue weighted by Crippen LogP contribution is -2.29. The molecule has 0 radical (unpaired) electrons. The number of para-hydroxylation sites is 1. The fourth-order valence-electron chi connectivity index (χ4n) is 4.80. The molecule has 1 atom stereocenters. The van der Waals surface area contributed by atoms with Crippen molar-refractivity contribution in [1.82, 2.24) is 9.88 Å². The van der Waals surface area contributed by atoms with Gasteiger partial charge in [0.15, 0.2) is 0 Å². The lowest BCUT2D eigenvalue weighted by Gasteiger charge is -2.25. The van der Waals surface area contributed by atoms with Crippen LogP contribution in [-0.4, -0.2) is 48.0 Å². The number of halogens is 1. The summed E-state index contributed by atoms with van der Waals surface area (Å²) in [5.74, 6) is -0.669. The van der Waals surface area contributed by atoms with E-state index in [0.717, 1.165) is 16.5 Å². The van der Waals surface area contributed by atoms with E-state index in [9.17, 15) is 14.7 Å². The minimum absolute atomic E-state index is 0.0622. The van der Waals surface area contributed by atoms with Gasteiger partial charge >= 0.3 is 0 Å². The molecular weight excluding hydrogens is 508 g/mol. The van der Waals surface area contributed by atoms with Gasteiger partial charge in [-0.15, -0.1) is 0 Å². The highest BCUT2D eigenvalue weighted by Gasteiger charge is 2.47. The van der Waals surface area contributed by atoms with Crippen LogP contribution in [0, 0.1) is 0 Å². The summed E-state index contributed by atoms with van der Waals surface area (Å²) in [6, 6.07) is 16.9. The zero-order valence-corrected chi connectivity index (χ0v) is 21.7. The number of amides is 1. The number of ketones is 1. The third-order valence-electron chi connectivity index (χ3n) is 6.70. The summed E-state index contributed by atoms with van der Waals surface area (Å²) < 4.78 is 16.0. The predicted octanol–water partition coefficient (Wildman–Crippen LogP) is 5.47. The van der Waals surface area contributed by atoms with Gasteiger partial charge in [-0.05, 0) is 29.8 Å². The number of H-pyrrole nitrogens is 1. The normalized spacial score (nSPS) is 16.7. The number of methoxy groups -OCH3 is 3. The monoisotopic (exact) mass is 532 g/mol. The Morgan fingerprint density at radius 3 is 2.37 bits per heavy atom. The highest BCUT2D eigenvalue weighted by molar-refractivity contribution is 6.46. The van der Waals surface area contributed by atoms with Crippen molar-refractivity contribution in [2.75, 3.05) is 21.3 Å². The fourth-order valence-corrected chi connectivity index (χ4v) is 5.05. The molecule has 2 N–H and O–H groups in total. The molecule has 1 amide bonds. The Kier molecular flexibility index (Phi) is 6.73. The van der Waals surface area contributed by atoms with E-state index in [1.54, 1.807) is 25.4 Å². The van der Waals surface area contributed by atoms with Gasteiger partial charge in [0.1, 0.15) is 23.0 Å². The number of aliphatic hydroxyl groups excluding tert-OH is 1. The summed E-state index contributed by atoms with van der Waals surface area (Å²) in [6.45, 7) is 0.135. The molecule has 1 fully saturated rings. The maximum Gasteiger partial charge on any atom is 0.295 e. The first-order valence-corrected chi connectivity index (χ1v) is 12.1. The second-order valence-corrected chi connectivity index (χ2v) is 9.16. The van der Waals surface area contributed by atoms with Crippen molar-refractivity contribution >= 4 is 40.0 Å². The molecule has 1 aromatic heterocycles. The average molecular weight is 533 g/mol. The van der Waals surface area contributed by atoms with E-state index in [2.05, 4.69) is 4.98 Å².